The summed E-state index contributed by atoms with van der Waals surface area (Å²) in [7, 11) is 0. The van der Waals surface area contributed by atoms with Crippen LogP contribution in [0, 0.1) is 0 Å². The zero-order valence-corrected chi connectivity index (χ0v) is 6.32. The molecule has 0 spiro atoms. The molecular weight excluding hydrogens is 184 g/mol. The minimum absolute atomic E-state index is 0. The Hall–Kier alpha value is -0.0157. The summed E-state index contributed by atoms with van der Waals surface area (Å²) < 4.78 is 0. The summed E-state index contributed by atoms with van der Waals surface area (Å²) in [5.74, 6) is -1.44. The van der Waals surface area contributed by atoms with Crippen molar-refractivity contribution in [2.24, 2.45) is 0 Å². The fraction of sp³-hybridized carbons (Fsp3) is 0.500. The van der Waals surface area contributed by atoms with Gasteiger partial charge in [-0.15, -0.1) is 0 Å². The minimum Gasteiger partial charge on any atom is -0.870 e. The molecule has 8 heteroatoms. The van der Waals surface area contributed by atoms with E-state index in [1.165, 1.54) is 0 Å². The predicted octanol–water partition coefficient (Wildman–Crippen LogP) is -2.98. The fourth-order valence-corrected chi connectivity index (χ4v) is 0. The van der Waals surface area contributed by atoms with Crippen molar-refractivity contribution >= 4 is 5.97 Å². The van der Waals surface area contributed by atoms with Gasteiger partial charge in [-0.25, -0.2) is 0 Å². The van der Waals surface area contributed by atoms with Crippen molar-refractivity contribution < 1.29 is 58.6 Å². The summed E-state index contributed by atoms with van der Waals surface area (Å²) in [5.41, 5.74) is 0. The van der Waals surface area contributed by atoms with E-state index in [4.69, 9.17) is 15.0 Å². The van der Waals surface area contributed by atoms with E-state index in [1.54, 1.807) is 0 Å². The molecule has 0 radical (unpaired) electrons. The van der Waals surface area contributed by atoms with Crippen LogP contribution in [-0.2, 0) is 26.5 Å². The normalized spacial score (nSPS) is 3.70. The second kappa shape index (κ2) is 36.1. The van der Waals surface area contributed by atoms with E-state index in [0.29, 0.717) is 0 Å². The number of rotatable bonds is 1. The third-order valence-corrected chi connectivity index (χ3v) is 0.129. The van der Waals surface area contributed by atoms with Gasteiger partial charge in [0.05, 0.1) is 12.6 Å². The summed E-state index contributed by atoms with van der Waals surface area (Å²) in [6.07, 6.45) is 0. The molecule has 0 aliphatic carbocycles. The van der Waals surface area contributed by atoms with Crippen molar-refractivity contribution in [2.75, 3.05) is 6.61 Å². The molecule has 0 aromatic carbocycles. The third-order valence-electron chi connectivity index (χ3n) is 0.129. The van der Waals surface area contributed by atoms with Crippen LogP contribution in [0.2, 0.25) is 0 Å². The Kier molecular flexibility index (Phi) is 183. The standard InChI is InChI=1S/C2H4O3.4H2O.Ti/c3-1-2(4)5;;;;;/h3H,1H2,(H,4,5);4*1H2;/p-5. The largest absolute Gasteiger partial charge is 0.870 e. The number of aliphatic carboxylic acids is 1. The predicted molar refractivity (Wildman–Crippen MR) is 19.8 cm³/mol. The molecule has 0 saturated carbocycles. The smallest absolute Gasteiger partial charge is 0.0826 e. The third kappa shape index (κ3) is 98.9. The van der Waals surface area contributed by atoms with Crippen molar-refractivity contribution in [3.63, 3.8) is 0 Å². The van der Waals surface area contributed by atoms with E-state index >= 15 is 0 Å². The molecule has 0 aliphatic heterocycles. The van der Waals surface area contributed by atoms with Crippen LogP contribution in [0.15, 0.2) is 0 Å². The van der Waals surface area contributed by atoms with E-state index in [0.717, 1.165) is 0 Å². The molecule has 10 heavy (non-hydrogen) atoms. The molecule has 7 nitrogen and oxygen atoms in total. The van der Waals surface area contributed by atoms with Gasteiger partial charge in [0.25, 0.3) is 0 Å². The van der Waals surface area contributed by atoms with E-state index in [9.17, 15) is 0 Å². The first-order chi connectivity index (χ1) is 2.27. The Morgan fingerprint density at radius 3 is 1.30 bits per heavy atom. The molecule has 0 rings (SSSR count). The molecule has 0 fully saturated rings. The van der Waals surface area contributed by atoms with E-state index in [-0.39, 0.29) is 43.6 Å². The zero-order valence-electron chi connectivity index (χ0n) is 4.76. The molecule has 5 N–H and O–H groups in total. The van der Waals surface area contributed by atoms with Crippen LogP contribution in [0.1, 0.15) is 0 Å². The van der Waals surface area contributed by atoms with Crippen LogP contribution in [0.4, 0.5) is 0 Å². The number of hydrogen-bond acceptors (Lipinski definition) is 7. The molecule has 0 aliphatic rings. The zero-order chi connectivity index (χ0) is 4.28. The molecular formula is C2H7O7Ti-5. The SMILES string of the molecule is O=C([O-])CO.[OH-].[OH-].[OH-].[OH-].[Ti]. The molecule has 0 aromatic heterocycles. The van der Waals surface area contributed by atoms with Crippen molar-refractivity contribution in [1.82, 2.24) is 0 Å². The Labute approximate surface area is 71.8 Å². The average molecular weight is 191 g/mol. The molecule has 66 valence electrons. The van der Waals surface area contributed by atoms with Crippen LogP contribution >= 0.6 is 0 Å². The fourth-order valence-electron chi connectivity index (χ4n) is 0. The van der Waals surface area contributed by atoms with Crippen LogP contribution in [0.25, 0.3) is 0 Å². The van der Waals surface area contributed by atoms with Gasteiger partial charge in [-0.05, 0) is 0 Å². The van der Waals surface area contributed by atoms with E-state index < -0.39 is 12.6 Å². The summed E-state index contributed by atoms with van der Waals surface area (Å²) in [5, 5.41) is 16.5. The van der Waals surface area contributed by atoms with Gasteiger partial charge in [-0.1, -0.05) is 0 Å². The summed E-state index contributed by atoms with van der Waals surface area (Å²) in [6.45, 7) is -0.889. The summed E-state index contributed by atoms with van der Waals surface area (Å²) in [4.78, 5) is 9.01. The Morgan fingerprint density at radius 2 is 1.30 bits per heavy atom. The van der Waals surface area contributed by atoms with Gasteiger partial charge in [0.2, 0.25) is 0 Å². The number of aliphatic hydroxyl groups is 1. The first kappa shape index (κ1) is 50.8. The number of hydrogen-bond donors (Lipinski definition) is 1. The van der Waals surface area contributed by atoms with Crippen LogP contribution in [-0.4, -0.2) is 39.6 Å². The van der Waals surface area contributed by atoms with Crippen molar-refractivity contribution in [3.05, 3.63) is 0 Å². The number of carbonyl (C=O) groups is 1. The first-order valence-electron chi connectivity index (χ1n) is 1.08. The van der Waals surface area contributed by atoms with Gasteiger partial charge in [0.1, 0.15) is 0 Å². The van der Waals surface area contributed by atoms with Crippen molar-refractivity contribution in [3.8, 4) is 0 Å². The topological polar surface area (TPSA) is 180 Å². The summed E-state index contributed by atoms with van der Waals surface area (Å²) >= 11 is 0. The molecule has 0 heterocycles. The van der Waals surface area contributed by atoms with Gasteiger partial charge < -0.3 is 36.9 Å². The Bertz CT molecular complexity index is 46.9. The minimum atomic E-state index is -1.44. The van der Waals surface area contributed by atoms with Crippen molar-refractivity contribution in [1.29, 1.82) is 0 Å². The van der Waals surface area contributed by atoms with Crippen LogP contribution in [0.5, 0.6) is 0 Å². The van der Waals surface area contributed by atoms with Gasteiger partial charge in [-0.3, -0.25) is 0 Å². The first-order valence-corrected chi connectivity index (χ1v) is 1.08. The number of carboxylic acids is 1. The molecule has 0 bridgehead atoms. The molecule has 0 aromatic rings. The van der Waals surface area contributed by atoms with Crippen molar-refractivity contribution in [2.45, 2.75) is 0 Å². The number of carbonyl (C=O) groups excluding carboxylic acids is 1. The Morgan fingerprint density at radius 1 is 1.20 bits per heavy atom. The molecule has 0 atom stereocenters. The molecule has 0 amide bonds. The molecule has 0 unspecified atom stereocenters. The monoisotopic (exact) mass is 191 g/mol. The molecule has 0 saturated heterocycles. The maximum Gasteiger partial charge on any atom is 0.0826 e. The van der Waals surface area contributed by atoms with E-state index in [2.05, 4.69) is 0 Å². The number of carboxylic acid groups (broad SMARTS) is 1. The van der Waals surface area contributed by atoms with Gasteiger partial charge in [-0.2, -0.15) is 0 Å². The Balaban J connectivity index is -0.00000000800. The number of aliphatic hydroxyl groups excluding tert-OH is 1. The second-order valence-corrected chi connectivity index (χ2v) is 0.530. The summed E-state index contributed by atoms with van der Waals surface area (Å²) in [6, 6.07) is 0. The van der Waals surface area contributed by atoms with E-state index in [1.807, 2.05) is 0 Å². The maximum absolute atomic E-state index is 9.01. The maximum atomic E-state index is 9.01. The van der Waals surface area contributed by atoms with Gasteiger partial charge >= 0.3 is 0 Å². The van der Waals surface area contributed by atoms with Crippen LogP contribution < -0.4 is 5.11 Å². The van der Waals surface area contributed by atoms with Crippen LogP contribution in [0.3, 0.4) is 0 Å². The quantitative estimate of drug-likeness (QED) is 0.428. The average Bonchev–Trinajstić information content (AvgIpc) is 1.38. The van der Waals surface area contributed by atoms with Gasteiger partial charge in [0.15, 0.2) is 0 Å². The second-order valence-electron chi connectivity index (χ2n) is 0.530. The van der Waals surface area contributed by atoms with Gasteiger partial charge in [0, 0.05) is 21.7 Å².